The number of amides is 1. The topological polar surface area (TPSA) is 93.5 Å². The van der Waals surface area contributed by atoms with Crippen molar-refractivity contribution in [3.63, 3.8) is 0 Å². The van der Waals surface area contributed by atoms with Crippen molar-refractivity contribution in [2.24, 2.45) is 0 Å². The predicted molar refractivity (Wildman–Crippen MR) is 94.3 cm³/mol. The van der Waals surface area contributed by atoms with Crippen LogP contribution in [-0.2, 0) is 0 Å². The van der Waals surface area contributed by atoms with Crippen molar-refractivity contribution in [2.75, 3.05) is 12.4 Å². The molecule has 148 valence electrons. The van der Waals surface area contributed by atoms with E-state index >= 15 is 0 Å². The van der Waals surface area contributed by atoms with E-state index in [4.69, 9.17) is 12.2 Å². The van der Waals surface area contributed by atoms with Gasteiger partial charge in [-0.1, -0.05) is 6.07 Å². The molecule has 0 aromatic heterocycles. The zero-order valence-electron chi connectivity index (χ0n) is 14.2. The Morgan fingerprint density at radius 3 is 2.21 bits per heavy atom. The Bertz CT molecular complexity index is 971. The normalized spacial score (nSPS) is 10.4. The number of benzene rings is 2. The summed E-state index contributed by atoms with van der Waals surface area (Å²) >= 11 is 4.81. The highest BCUT2D eigenvalue weighted by Crippen LogP contribution is 2.30. The van der Waals surface area contributed by atoms with Crippen LogP contribution in [0.15, 0.2) is 18.2 Å². The second-order valence-electron chi connectivity index (χ2n) is 5.28. The van der Waals surface area contributed by atoms with Crippen molar-refractivity contribution < 1.29 is 32.0 Å². The molecule has 12 heteroatoms. The van der Waals surface area contributed by atoms with Gasteiger partial charge in [0.05, 0.1) is 23.3 Å². The molecular weight excluding hydrogens is 406 g/mol. The standard InChI is InChI=1S/C16H11F4N3O4S/c1-6-7(4-3-5-8(6)23(25)26)21-16(28)22-15(24)9-10(17)12(19)14(27-2)13(20)11(9)18/h3-5H,1-2H3,(H2,21,22,24,28). The number of rotatable bonds is 4. The minimum Gasteiger partial charge on any atom is -0.491 e. The molecule has 0 fully saturated rings. The van der Waals surface area contributed by atoms with E-state index in [0.717, 1.165) is 7.11 Å². The van der Waals surface area contributed by atoms with Crippen molar-refractivity contribution in [2.45, 2.75) is 6.92 Å². The third-order valence-corrected chi connectivity index (χ3v) is 3.84. The fraction of sp³-hybridized carbons (Fsp3) is 0.125. The fourth-order valence-corrected chi connectivity index (χ4v) is 2.47. The Balaban J connectivity index is 2.29. The third-order valence-electron chi connectivity index (χ3n) is 3.63. The molecule has 0 bridgehead atoms. The van der Waals surface area contributed by atoms with Crippen LogP contribution >= 0.6 is 12.2 Å². The molecule has 28 heavy (non-hydrogen) atoms. The predicted octanol–water partition coefficient (Wildman–Crippen LogP) is 3.60. The van der Waals surface area contributed by atoms with Crippen LogP contribution < -0.4 is 15.4 Å². The molecule has 2 aromatic carbocycles. The first-order valence-corrected chi connectivity index (χ1v) is 7.77. The first-order valence-electron chi connectivity index (χ1n) is 7.36. The second-order valence-corrected chi connectivity index (χ2v) is 5.69. The zero-order chi connectivity index (χ0) is 21.2. The van der Waals surface area contributed by atoms with E-state index in [-0.39, 0.29) is 16.9 Å². The molecule has 1 amide bonds. The molecule has 0 aliphatic heterocycles. The maximum atomic E-state index is 14.0. The fourth-order valence-electron chi connectivity index (χ4n) is 2.27. The first-order chi connectivity index (χ1) is 13.1. The number of ether oxygens (including phenoxy) is 1. The Morgan fingerprint density at radius 2 is 1.71 bits per heavy atom. The molecule has 0 atom stereocenters. The highest BCUT2D eigenvalue weighted by Gasteiger charge is 2.30. The Morgan fingerprint density at radius 1 is 1.14 bits per heavy atom. The van der Waals surface area contributed by atoms with Crippen LogP contribution in [0, 0.1) is 40.3 Å². The number of thiocarbonyl (C=S) groups is 1. The monoisotopic (exact) mass is 417 g/mol. The summed E-state index contributed by atoms with van der Waals surface area (Å²) in [5, 5.41) is 14.7. The number of nitro benzene ring substituents is 1. The SMILES string of the molecule is COc1c(F)c(F)c(C(=O)NC(=S)Nc2cccc([N+](=O)[O-])c2C)c(F)c1F. The average molecular weight is 417 g/mol. The summed E-state index contributed by atoms with van der Waals surface area (Å²) in [7, 11) is 0.792. The molecule has 0 aliphatic carbocycles. The van der Waals surface area contributed by atoms with E-state index < -0.39 is 50.5 Å². The lowest BCUT2D eigenvalue weighted by Crippen LogP contribution is -2.35. The van der Waals surface area contributed by atoms with Gasteiger partial charge in [0, 0.05) is 6.07 Å². The molecule has 0 heterocycles. The van der Waals surface area contributed by atoms with Crippen molar-refractivity contribution in [3.8, 4) is 5.75 Å². The van der Waals surface area contributed by atoms with Crippen LogP contribution in [-0.4, -0.2) is 23.1 Å². The number of hydrogen-bond donors (Lipinski definition) is 2. The van der Waals surface area contributed by atoms with Crippen molar-refractivity contribution in [3.05, 3.63) is 62.7 Å². The number of hydrogen-bond acceptors (Lipinski definition) is 5. The maximum absolute atomic E-state index is 14.0. The summed E-state index contributed by atoms with van der Waals surface area (Å²) in [5.74, 6) is -10.6. The van der Waals surface area contributed by atoms with E-state index in [9.17, 15) is 32.5 Å². The second kappa shape index (κ2) is 8.17. The van der Waals surface area contributed by atoms with Crippen molar-refractivity contribution in [1.82, 2.24) is 5.32 Å². The third kappa shape index (κ3) is 3.86. The Kier molecular flexibility index (Phi) is 6.13. The van der Waals surface area contributed by atoms with Crippen molar-refractivity contribution in [1.29, 1.82) is 0 Å². The first kappa shape index (κ1) is 21.0. The van der Waals surface area contributed by atoms with E-state index in [2.05, 4.69) is 10.1 Å². The molecule has 2 aromatic rings. The molecular formula is C16H11F4N3O4S. The molecule has 7 nitrogen and oxygen atoms in total. The number of carbonyl (C=O) groups excluding carboxylic acids is 1. The average Bonchev–Trinajstić information content (AvgIpc) is 2.62. The summed E-state index contributed by atoms with van der Waals surface area (Å²) < 4.78 is 59.6. The molecule has 0 aliphatic rings. The zero-order valence-corrected chi connectivity index (χ0v) is 15.0. The van der Waals surface area contributed by atoms with Crippen LogP contribution in [0.2, 0.25) is 0 Å². The molecule has 2 rings (SSSR count). The van der Waals surface area contributed by atoms with Gasteiger partial charge in [-0.2, -0.15) is 8.78 Å². The van der Waals surface area contributed by atoms with Crippen LogP contribution in [0.3, 0.4) is 0 Å². The lowest BCUT2D eigenvalue weighted by Gasteiger charge is -2.13. The highest BCUT2D eigenvalue weighted by atomic mass is 32.1. The van der Waals surface area contributed by atoms with Crippen LogP contribution in [0.4, 0.5) is 28.9 Å². The van der Waals surface area contributed by atoms with E-state index in [1.54, 1.807) is 0 Å². The Hall–Kier alpha value is -3.28. The smallest absolute Gasteiger partial charge is 0.274 e. The highest BCUT2D eigenvalue weighted by molar-refractivity contribution is 7.80. The number of anilines is 1. The minimum absolute atomic E-state index is 0.132. The lowest BCUT2D eigenvalue weighted by atomic mass is 10.1. The molecule has 0 saturated heterocycles. The van der Waals surface area contributed by atoms with Gasteiger partial charge in [0.25, 0.3) is 11.6 Å². The quantitative estimate of drug-likeness (QED) is 0.260. The van der Waals surface area contributed by atoms with Gasteiger partial charge in [0.15, 0.2) is 22.5 Å². The van der Waals surface area contributed by atoms with Crippen LogP contribution in [0.25, 0.3) is 0 Å². The summed E-state index contributed by atoms with van der Waals surface area (Å²) in [6.45, 7) is 1.40. The van der Waals surface area contributed by atoms with Crippen LogP contribution in [0.1, 0.15) is 15.9 Å². The summed E-state index contributed by atoms with van der Waals surface area (Å²) in [6.07, 6.45) is 0. The van der Waals surface area contributed by atoms with Crippen molar-refractivity contribution >= 4 is 34.6 Å². The Labute approximate surface area is 160 Å². The summed E-state index contributed by atoms with van der Waals surface area (Å²) in [6, 6.07) is 3.97. The molecule has 0 saturated carbocycles. The largest absolute Gasteiger partial charge is 0.491 e. The number of nitro groups is 1. The van der Waals surface area contributed by atoms with Gasteiger partial charge < -0.3 is 10.1 Å². The van der Waals surface area contributed by atoms with E-state index in [1.807, 2.05) is 5.32 Å². The minimum atomic E-state index is -1.97. The van der Waals surface area contributed by atoms with Gasteiger partial charge in [-0.05, 0) is 25.2 Å². The van der Waals surface area contributed by atoms with Gasteiger partial charge in [0.1, 0.15) is 5.56 Å². The molecule has 0 unspecified atom stereocenters. The molecule has 0 spiro atoms. The number of halogens is 4. The van der Waals surface area contributed by atoms with Gasteiger partial charge in [-0.3, -0.25) is 20.2 Å². The molecule has 2 N–H and O–H groups in total. The lowest BCUT2D eigenvalue weighted by molar-refractivity contribution is -0.385. The van der Waals surface area contributed by atoms with Gasteiger partial charge in [0.2, 0.25) is 11.6 Å². The summed E-state index contributed by atoms with van der Waals surface area (Å²) in [4.78, 5) is 22.3. The van der Waals surface area contributed by atoms with Gasteiger partial charge >= 0.3 is 0 Å². The maximum Gasteiger partial charge on any atom is 0.274 e. The van der Waals surface area contributed by atoms with E-state index in [0.29, 0.717) is 0 Å². The summed E-state index contributed by atoms with van der Waals surface area (Å²) in [5.41, 5.74) is -1.48. The van der Waals surface area contributed by atoms with Gasteiger partial charge in [-0.15, -0.1) is 0 Å². The number of carbonyl (C=O) groups is 1. The number of methoxy groups -OCH3 is 1. The number of nitrogens with zero attached hydrogens (tertiary/aromatic N) is 1. The van der Waals surface area contributed by atoms with E-state index in [1.165, 1.54) is 25.1 Å². The number of nitrogens with one attached hydrogen (secondary N) is 2. The van der Waals surface area contributed by atoms with Crippen LogP contribution in [0.5, 0.6) is 5.75 Å². The molecule has 0 radical (unpaired) electrons. The van der Waals surface area contributed by atoms with Gasteiger partial charge in [-0.25, -0.2) is 8.78 Å².